The molecule has 2 heterocycles. The molecule has 0 aromatic heterocycles. The average molecular weight is 224 g/mol. The normalized spacial score (nSPS) is 44.8. The van der Waals surface area contributed by atoms with Crippen LogP contribution in [-0.4, -0.2) is 48.8 Å². The minimum atomic E-state index is 0.366. The highest BCUT2D eigenvalue weighted by atomic mass is 16.5. The molecule has 0 bridgehead atoms. The highest BCUT2D eigenvalue weighted by Gasteiger charge is 2.39. The third kappa shape index (κ3) is 2.01. The first kappa shape index (κ1) is 11.0. The van der Waals surface area contributed by atoms with E-state index in [1.165, 1.54) is 45.2 Å². The first-order valence-electron chi connectivity index (χ1n) is 6.88. The van der Waals surface area contributed by atoms with E-state index in [4.69, 9.17) is 4.74 Å². The van der Waals surface area contributed by atoms with E-state index in [2.05, 4.69) is 17.1 Å². The van der Waals surface area contributed by atoms with Crippen LogP contribution in [0.5, 0.6) is 0 Å². The topological polar surface area (TPSA) is 24.5 Å². The van der Waals surface area contributed by atoms with E-state index in [1.54, 1.807) is 0 Å². The Morgan fingerprint density at radius 2 is 2.31 bits per heavy atom. The fourth-order valence-corrected chi connectivity index (χ4v) is 3.74. The van der Waals surface area contributed by atoms with E-state index < -0.39 is 0 Å². The molecule has 3 nitrogen and oxygen atoms in total. The maximum atomic E-state index is 5.87. The second-order valence-electron chi connectivity index (χ2n) is 5.97. The van der Waals surface area contributed by atoms with E-state index in [9.17, 15) is 0 Å². The first-order valence-corrected chi connectivity index (χ1v) is 6.88. The van der Waals surface area contributed by atoms with Crippen LogP contribution in [0.25, 0.3) is 0 Å². The van der Waals surface area contributed by atoms with Crippen LogP contribution in [0.1, 0.15) is 39.0 Å². The lowest BCUT2D eigenvalue weighted by molar-refractivity contribution is -0.0621. The maximum Gasteiger partial charge on any atom is 0.0730 e. The van der Waals surface area contributed by atoms with Crippen LogP contribution in [0.15, 0.2) is 0 Å². The molecule has 2 saturated heterocycles. The summed E-state index contributed by atoms with van der Waals surface area (Å²) in [6, 6.07) is 0.716. The van der Waals surface area contributed by atoms with Crippen molar-refractivity contribution in [2.75, 3.05) is 26.2 Å². The van der Waals surface area contributed by atoms with Crippen LogP contribution in [-0.2, 0) is 4.74 Å². The van der Waals surface area contributed by atoms with Crippen molar-refractivity contribution in [2.45, 2.75) is 56.7 Å². The average Bonchev–Trinajstić information content (AvgIpc) is 2.87. The maximum absolute atomic E-state index is 5.87. The van der Waals surface area contributed by atoms with Crippen molar-refractivity contribution < 1.29 is 4.74 Å². The van der Waals surface area contributed by atoms with Crippen LogP contribution < -0.4 is 5.32 Å². The monoisotopic (exact) mass is 224 g/mol. The van der Waals surface area contributed by atoms with Crippen LogP contribution in [0, 0.1) is 0 Å². The van der Waals surface area contributed by atoms with E-state index in [0.29, 0.717) is 17.7 Å². The minimum Gasteiger partial charge on any atom is -0.375 e. The predicted molar refractivity (Wildman–Crippen MR) is 64.6 cm³/mol. The van der Waals surface area contributed by atoms with Crippen LogP contribution in [0.2, 0.25) is 0 Å². The first-order chi connectivity index (χ1) is 7.77. The van der Waals surface area contributed by atoms with Gasteiger partial charge in [-0.05, 0) is 45.6 Å². The van der Waals surface area contributed by atoms with Crippen molar-refractivity contribution in [3.05, 3.63) is 0 Å². The molecule has 0 spiro atoms. The van der Waals surface area contributed by atoms with Gasteiger partial charge in [0.05, 0.1) is 12.7 Å². The lowest BCUT2D eigenvalue weighted by Gasteiger charge is -2.42. The molecule has 0 aromatic carbocycles. The summed E-state index contributed by atoms with van der Waals surface area (Å²) < 4.78 is 5.87. The van der Waals surface area contributed by atoms with Crippen molar-refractivity contribution in [1.82, 2.24) is 10.2 Å². The zero-order valence-electron chi connectivity index (χ0n) is 10.4. The Morgan fingerprint density at radius 3 is 3.12 bits per heavy atom. The van der Waals surface area contributed by atoms with E-state index >= 15 is 0 Å². The summed E-state index contributed by atoms with van der Waals surface area (Å²) in [7, 11) is 0. The lowest BCUT2D eigenvalue weighted by Crippen LogP contribution is -2.56. The molecule has 1 saturated carbocycles. The zero-order chi connectivity index (χ0) is 11.0. The van der Waals surface area contributed by atoms with Crippen molar-refractivity contribution in [2.24, 2.45) is 0 Å². The molecule has 1 N–H and O–H groups in total. The lowest BCUT2D eigenvalue weighted by atomic mass is 9.97. The molecular formula is C13H24N2O. The van der Waals surface area contributed by atoms with Gasteiger partial charge in [0.1, 0.15) is 0 Å². The zero-order valence-corrected chi connectivity index (χ0v) is 10.4. The minimum absolute atomic E-state index is 0.366. The fourth-order valence-electron chi connectivity index (χ4n) is 3.74. The van der Waals surface area contributed by atoms with Gasteiger partial charge in [0.2, 0.25) is 0 Å². The van der Waals surface area contributed by atoms with E-state index in [0.717, 1.165) is 13.2 Å². The third-order valence-electron chi connectivity index (χ3n) is 4.61. The van der Waals surface area contributed by atoms with Gasteiger partial charge in [-0.1, -0.05) is 0 Å². The molecule has 3 rings (SSSR count). The molecule has 2 aliphatic heterocycles. The molecule has 3 atom stereocenters. The molecule has 16 heavy (non-hydrogen) atoms. The summed E-state index contributed by atoms with van der Waals surface area (Å²) in [6.07, 6.45) is 7.21. The van der Waals surface area contributed by atoms with E-state index in [1.807, 2.05) is 0 Å². The van der Waals surface area contributed by atoms with Crippen LogP contribution in [0.3, 0.4) is 0 Å². The quantitative estimate of drug-likeness (QED) is 0.767. The van der Waals surface area contributed by atoms with Gasteiger partial charge >= 0.3 is 0 Å². The number of hydrogen-bond acceptors (Lipinski definition) is 3. The second kappa shape index (κ2) is 4.28. The van der Waals surface area contributed by atoms with E-state index in [-0.39, 0.29) is 0 Å². The summed E-state index contributed by atoms with van der Waals surface area (Å²) >= 11 is 0. The standard InChI is InChI=1S/C13H24N2O/c1-13(6-3-7-14-13)10-15-8-9-16-12-5-2-4-11(12)15/h11-12,14H,2-10H2,1H3. The number of hydrogen-bond donors (Lipinski definition) is 1. The Hall–Kier alpha value is -0.120. The summed E-state index contributed by atoms with van der Waals surface area (Å²) in [5.74, 6) is 0. The van der Waals surface area contributed by atoms with Gasteiger partial charge in [0.25, 0.3) is 0 Å². The molecule has 3 fully saturated rings. The van der Waals surface area contributed by atoms with Gasteiger partial charge < -0.3 is 10.1 Å². The Bertz CT molecular complexity index is 250. The van der Waals surface area contributed by atoms with Gasteiger partial charge in [0, 0.05) is 24.7 Å². The fraction of sp³-hybridized carbons (Fsp3) is 1.00. The van der Waals surface area contributed by atoms with Crippen molar-refractivity contribution in [3.63, 3.8) is 0 Å². The molecule has 0 aromatic rings. The van der Waals surface area contributed by atoms with Gasteiger partial charge in [0.15, 0.2) is 0 Å². The number of ether oxygens (including phenoxy) is 1. The molecule has 0 amide bonds. The predicted octanol–water partition coefficient (Wildman–Crippen LogP) is 1.38. The Morgan fingerprint density at radius 1 is 1.38 bits per heavy atom. The summed E-state index contributed by atoms with van der Waals surface area (Å²) in [5.41, 5.74) is 0.366. The van der Waals surface area contributed by atoms with Crippen molar-refractivity contribution >= 4 is 0 Å². The summed E-state index contributed by atoms with van der Waals surface area (Å²) in [6.45, 7) is 6.89. The van der Waals surface area contributed by atoms with Gasteiger partial charge in [-0.2, -0.15) is 0 Å². The molecule has 3 aliphatic rings. The van der Waals surface area contributed by atoms with Crippen LogP contribution in [0.4, 0.5) is 0 Å². The second-order valence-corrected chi connectivity index (χ2v) is 5.97. The highest BCUT2D eigenvalue weighted by Crippen LogP contribution is 2.31. The number of nitrogens with one attached hydrogen (secondary N) is 1. The molecule has 0 radical (unpaired) electrons. The Kier molecular flexibility index (Phi) is 2.94. The molecule has 3 heteroatoms. The van der Waals surface area contributed by atoms with Gasteiger partial charge in [-0.25, -0.2) is 0 Å². The Labute approximate surface area is 98.5 Å². The van der Waals surface area contributed by atoms with Crippen molar-refractivity contribution in [3.8, 4) is 0 Å². The summed E-state index contributed by atoms with van der Waals surface area (Å²) in [5, 5.41) is 3.68. The smallest absolute Gasteiger partial charge is 0.0730 e. The van der Waals surface area contributed by atoms with Gasteiger partial charge in [-0.3, -0.25) is 4.90 Å². The largest absolute Gasteiger partial charge is 0.375 e. The number of rotatable bonds is 2. The van der Waals surface area contributed by atoms with Crippen LogP contribution >= 0.6 is 0 Å². The molecule has 92 valence electrons. The number of nitrogens with zero attached hydrogens (tertiary/aromatic N) is 1. The SMILES string of the molecule is CC1(CN2CCOC3CCCC32)CCCN1. The highest BCUT2D eigenvalue weighted by molar-refractivity contribution is 4.96. The van der Waals surface area contributed by atoms with Crippen molar-refractivity contribution in [1.29, 1.82) is 0 Å². The molecule has 3 unspecified atom stereocenters. The summed E-state index contributed by atoms with van der Waals surface area (Å²) in [4.78, 5) is 2.69. The van der Waals surface area contributed by atoms with Gasteiger partial charge in [-0.15, -0.1) is 0 Å². The number of morpholine rings is 1. The Balaban J connectivity index is 1.64. The number of fused-ring (bicyclic) bond motifs is 1. The molecular weight excluding hydrogens is 200 g/mol. The molecule has 1 aliphatic carbocycles. The third-order valence-corrected chi connectivity index (χ3v) is 4.61.